The Labute approximate surface area is 130 Å². The van der Waals surface area contributed by atoms with Crippen molar-refractivity contribution in [2.75, 3.05) is 27.2 Å². The fourth-order valence-electron chi connectivity index (χ4n) is 1.85. The van der Waals surface area contributed by atoms with E-state index >= 15 is 0 Å². The Bertz CT molecular complexity index is 406. The van der Waals surface area contributed by atoms with Crippen LogP contribution < -0.4 is 5.32 Å². The molecule has 108 valence electrons. The largest absolute Gasteiger partial charge is 0.344 e. The molecule has 0 heterocycles. The van der Waals surface area contributed by atoms with Gasteiger partial charge in [-0.25, -0.2) is 0 Å². The van der Waals surface area contributed by atoms with Crippen LogP contribution in [0.4, 0.5) is 0 Å². The first-order chi connectivity index (χ1) is 8.39. The van der Waals surface area contributed by atoms with Crippen molar-refractivity contribution in [1.29, 1.82) is 0 Å². The zero-order chi connectivity index (χ0) is 13.8. The van der Waals surface area contributed by atoms with Crippen LogP contribution >= 0.6 is 28.3 Å². The van der Waals surface area contributed by atoms with Crippen LogP contribution in [0.2, 0.25) is 0 Å². The second-order valence-electron chi connectivity index (χ2n) is 4.96. The Morgan fingerprint density at radius 2 is 1.84 bits per heavy atom. The van der Waals surface area contributed by atoms with Gasteiger partial charge in [0.15, 0.2) is 0 Å². The molecule has 1 aromatic carbocycles. The van der Waals surface area contributed by atoms with E-state index in [2.05, 4.69) is 21.2 Å². The predicted molar refractivity (Wildman–Crippen MR) is 86.0 cm³/mol. The molecule has 19 heavy (non-hydrogen) atoms. The van der Waals surface area contributed by atoms with E-state index < -0.39 is 5.41 Å². The zero-order valence-electron chi connectivity index (χ0n) is 11.9. The maximum atomic E-state index is 12.4. The molecule has 1 N–H and O–H groups in total. The molecule has 1 amide bonds. The summed E-state index contributed by atoms with van der Waals surface area (Å²) in [6, 6.07) is 7.93. The molecule has 0 saturated carbocycles. The molecule has 3 nitrogen and oxygen atoms in total. The SMILES string of the molecule is CNCCN(C)C(=O)C(C)(C)c1ccc(Br)cc1.Cl. The van der Waals surface area contributed by atoms with Crippen LogP contribution in [0.5, 0.6) is 0 Å². The van der Waals surface area contributed by atoms with Crippen molar-refractivity contribution in [1.82, 2.24) is 10.2 Å². The Morgan fingerprint density at radius 3 is 2.32 bits per heavy atom. The molecule has 1 aromatic rings. The van der Waals surface area contributed by atoms with E-state index in [0.29, 0.717) is 0 Å². The van der Waals surface area contributed by atoms with E-state index in [0.717, 1.165) is 23.1 Å². The Balaban J connectivity index is 0.00000324. The first kappa shape index (κ1) is 18.4. The molecule has 0 saturated heterocycles. The number of benzene rings is 1. The molecule has 0 aromatic heterocycles. The first-order valence-corrected chi connectivity index (χ1v) is 6.85. The monoisotopic (exact) mass is 348 g/mol. The lowest BCUT2D eigenvalue weighted by atomic mass is 9.83. The summed E-state index contributed by atoms with van der Waals surface area (Å²) in [6.07, 6.45) is 0. The maximum absolute atomic E-state index is 12.4. The lowest BCUT2D eigenvalue weighted by Crippen LogP contribution is -2.43. The third-order valence-electron chi connectivity index (χ3n) is 3.14. The molecular weight excluding hydrogens is 328 g/mol. The van der Waals surface area contributed by atoms with Crippen LogP contribution in [-0.2, 0) is 10.2 Å². The number of hydrogen-bond acceptors (Lipinski definition) is 2. The smallest absolute Gasteiger partial charge is 0.232 e. The molecule has 0 fully saturated rings. The number of halogens is 2. The van der Waals surface area contributed by atoms with Gasteiger partial charge in [-0.1, -0.05) is 28.1 Å². The highest BCUT2D eigenvalue weighted by Gasteiger charge is 2.31. The van der Waals surface area contributed by atoms with Gasteiger partial charge in [-0.15, -0.1) is 12.4 Å². The summed E-state index contributed by atoms with van der Waals surface area (Å²) >= 11 is 3.41. The first-order valence-electron chi connectivity index (χ1n) is 6.06. The van der Waals surface area contributed by atoms with Gasteiger partial charge in [0.25, 0.3) is 0 Å². The topological polar surface area (TPSA) is 32.3 Å². The summed E-state index contributed by atoms with van der Waals surface area (Å²) in [7, 11) is 3.73. The van der Waals surface area contributed by atoms with Crippen molar-refractivity contribution in [3.8, 4) is 0 Å². The van der Waals surface area contributed by atoms with Gasteiger partial charge in [-0.2, -0.15) is 0 Å². The lowest BCUT2D eigenvalue weighted by molar-refractivity contribution is -0.134. The summed E-state index contributed by atoms with van der Waals surface area (Å²) in [4.78, 5) is 14.2. The van der Waals surface area contributed by atoms with Gasteiger partial charge in [0.2, 0.25) is 5.91 Å². The van der Waals surface area contributed by atoms with Crippen LogP contribution in [0.15, 0.2) is 28.7 Å². The van der Waals surface area contributed by atoms with Gasteiger partial charge in [0.05, 0.1) is 5.41 Å². The van der Waals surface area contributed by atoms with E-state index in [-0.39, 0.29) is 18.3 Å². The van der Waals surface area contributed by atoms with E-state index in [1.165, 1.54) is 0 Å². The molecule has 0 aliphatic rings. The molecule has 0 unspecified atom stereocenters. The minimum atomic E-state index is -0.497. The van der Waals surface area contributed by atoms with Gasteiger partial charge >= 0.3 is 0 Å². The number of hydrogen-bond donors (Lipinski definition) is 1. The third-order valence-corrected chi connectivity index (χ3v) is 3.67. The van der Waals surface area contributed by atoms with Crippen LogP contribution in [0, 0.1) is 0 Å². The number of likely N-dealkylation sites (N-methyl/N-ethyl adjacent to an activating group) is 2. The van der Waals surface area contributed by atoms with Gasteiger partial charge in [-0.3, -0.25) is 4.79 Å². The molecule has 0 spiro atoms. The lowest BCUT2D eigenvalue weighted by Gasteiger charge is -2.30. The standard InChI is InChI=1S/C14H21BrN2O.ClH/c1-14(2,11-5-7-12(15)8-6-11)13(18)17(4)10-9-16-3;/h5-8,16H,9-10H2,1-4H3;1H. The second kappa shape index (κ2) is 7.88. The summed E-state index contributed by atoms with van der Waals surface area (Å²) in [5, 5.41) is 3.05. The summed E-state index contributed by atoms with van der Waals surface area (Å²) in [5.41, 5.74) is 0.537. The van der Waals surface area contributed by atoms with Crippen LogP contribution in [0.1, 0.15) is 19.4 Å². The molecule has 0 aliphatic heterocycles. The molecule has 1 rings (SSSR count). The summed E-state index contributed by atoms with van der Waals surface area (Å²) in [6.45, 7) is 5.46. The van der Waals surface area contributed by atoms with Crippen molar-refractivity contribution in [3.63, 3.8) is 0 Å². The highest BCUT2D eigenvalue weighted by molar-refractivity contribution is 9.10. The van der Waals surface area contributed by atoms with Crippen molar-refractivity contribution in [2.45, 2.75) is 19.3 Å². The van der Waals surface area contributed by atoms with Gasteiger partial charge < -0.3 is 10.2 Å². The van der Waals surface area contributed by atoms with Gasteiger partial charge in [-0.05, 0) is 38.6 Å². The third kappa shape index (κ3) is 4.79. The number of nitrogens with zero attached hydrogens (tertiary/aromatic N) is 1. The van der Waals surface area contributed by atoms with Crippen molar-refractivity contribution in [2.24, 2.45) is 0 Å². The predicted octanol–water partition coefficient (Wildman–Crippen LogP) is 2.83. The van der Waals surface area contributed by atoms with E-state index in [1.807, 2.05) is 52.2 Å². The van der Waals surface area contributed by atoms with Gasteiger partial charge in [0.1, 0.15) is 0 Å². The minimum Gasteiger partial charge on any atom is -0.344 e. The van der Waals surface area contributed by atoms with Crippen molar-refractivity contribution < 1.29 is 4.79 Å². The zero-order valence-corrected chi connectivity index (χ0v) is 14.3. The van der Waals surface area contributed by atoms with Crippen molar-refractivity contribution in [3.05, 3.63) is 34.3 Å². The number of rotatable bonds is 5. The number of amides is 1. The number of carbonyl (C=O) groups excluding carboxylic acids is 1. The Kier molecular flexibility index (Phi) is 7.64. The van der Waals surface area contributed by atoms with Crippen LogP contribution in [0.25, 0.3) is 0 Å². The average Bonchev–Trinajstić information content (AvgIpc) is 2.35. The highest BCUT2D eigenvalue weighted by Crippen LogP contribution is 2.26. The normalized spacial score (nSPS) is 10.8. The Hall–Kier alpha value is -0.580. The minimum absolute atomic E-state index is 0. The summed E-state index contributed by atoms with van der Waals surface area (Å²) in [5.74, 6) is 0.139. The van der Waals surface area contributed by atoms with Crippen molar-refractivity contribution >= 4 is 34.2 Å². The molecule has 5 heteroatoms. The van der Waals surface area contributed by atoms with Crippen LogP contribution in [-0.4, -0.2) is 38.0 Å². The quantitative estimate of drug-likeness (QED) is 0.886. The number of carbonyl (C=O) groups is 1. The van der Waals surface area contributed by atoms with E-state index in [9.17, 15) is 4.79 Å². The fraction of sp³-hybridized carbons (Fsp3) is 0.500. The average molecular weight is 350 g/mol. The van der Waals surface area contributed by atoms with Gasteiger partial charge in [0, 0.05) is 24.6 Å². The molecule has 0 radical (unpaired) electrons. The molecule has 0 aliphatic carbocycles. The Morgan fingerprint density at radius 1 is 1.32 bits per heavy atom. The fourth-order valence-corrected chi connectivity index (χ4v) is 2.11. The van der Waals surface area contributed by atoms with E-state index in [1.54, 1.807) is 4.90 Å². The second-order valence-corrected chi connectivity index (χ2v) is 5.88. The highest BCUT2D eigenvalue weighted by atomic mass is 79.9. The molecule has 0 bridgehead atoms. The molecular formula is C14H22BrClN2O. The maximum Gasteiger partial charge on any atom is 0.232 e. The molecule has 0 atom stereocenters. The van der Waals surface area contributed by atoms with E-state index in [4.69, 9.17) is 0 Å². The number of nitrogens with one attached hydrogen (secondary N) is 1. The summed E-state index contributed by atoms with van der Waals surface area (Å²) < 4.78 is 1.03. The van der Waals surface area contributed by atoms with Crippen LogP contribution in [0.3, 0.4) is 0 Å².